The van der Waals surface area contributed by atoms with Crippen molar-refractivity contribution in [1.29, 1.82) is 0 Å². The number of hydrogen-bond donors (Lipinski definition) is 2. The molecule has 0 amide bonds. The minimum atomic E-state index is 0.278. The number of hydrogen-bond acceptors (Lipinski definition) is 6. The maximum atomic E-state index is 6.26. The van der Waals surface area contributed by atoms with Gasteiger partial charge in [0.2, 0.25) is 5.95 Å². The third kappa shape index (κ3) is 3.17. The van der Waals surface area contributed by atoms with E-state index in [4.69, 9.17) is 17.3 Å². The van der Waals surface area contributed by atoms with Crippen LogP contribution in [-0.4, -0.2) is 27.0 Å². The number of nitrogens with one attached hydrogen (secondary N) is 1. The highest BCUT2D eigenvalue weighted by Gasteiger charge is 2.23. The summed E-state index contributed by atoms with van der Waals surface area (Å²) in [6.07, 6.45) is 4.71. The van der Waals surface area contributed by atoms with Gasteiger partial charge in [-0.2, -0.15) is 0 Å². The van der Waals surface area contributed by atoms with Crippen LogP contribution in [0.5, 0.6) is 0 Å². The van der Waals surface area contributed by atoms with Gasteiger partial charge in [-0.1, -0.05) is 11.6 Å². The summed E-state index contributed by atoms with van der Waals surface area (Å²) in [6.45, 7) is 3.95. The molecule has 3 N–H and O–H groups in total. The van der Waals surface area contributed by atoms with Crippen LogP contribution in [0.25, 0.3) is 10.6 Å². The molecule has 2 atom stereocenters. The Bertz CT molecular complexity index is 657. The van der Waals surface area contributed by atoms with Gasteiger partial charge in [-0.05, 0) is 33.1 Å². The summed E-state index contributed by atoms with van der Waals surface area (Å²) in [6, 6.07) is 0.624. The van der Waals surface area contributed by atoms with E-state index in [1.807, 2.05) is 13.8 Å². The lowest BCUT2D eigenvalue weighted by Gasteiger charge is -2.13. The second kappa shape index (κ2) is 5.87. The molecule has 7 heteroatoms. The average Bonchev–Trinajstić information content (AvgIpc) is 2.98. The lowest BCUT2D eigenvalue weighted by molar-refractivity contribution is 0.685. The Kier molecular flexibility index (Phi) is 4.10. The zero-order chi connectivity index (χ0) is 15.0. The van der Waals surface area contributed by atoms with Gasteiger partial charge >= 0.3 is 0 Å². The molecule has 2 heterocycles. The summed E-state index contributed by atoms with van der Waals surface area (Å²) in [5.74, 6) is 0.610. The molecule has 0 aromatic carbocycles. The third-order valence-corrected chi connectivity index (χ3v) is 5.03. The first kappa shape index (κ1) is 14.7. The molecule has 5 nitrogen and oxygen atoms in total. The number of aryl methyl sites for hydroxylation is 2. The number of rotatable bonds is 3. The van der Waals surface area contributed by atoms with Crippen LogP contribution < -0.4 is 11.1 Å². The lowest BCUT2D eigenvalue weighted by atomic mass is 10.2. The molecule has 2 aromatic heterocycles. The Morgan fingerprint density at radius 3 is 2.76 bits per heavy atom. The highest BCUT2D eigenvalue weighted by molar-refractivity contribution is 7.15. The van der Waals surface area contributed by atoms with Gasteiger partial charge in [-0.25, -0.2) is 15.0 Å². The molecule has 0 saturated heterocycles. The number of thiazole rings is 1. The number of nitrogens with two attached hydrogens (primary N) is 1. The summed E-state index contributed by atoms with van der Waals surface area (Å²) in [5, 5.41) is 4.92. The van der Waals surface area contributed by atoms with Crippen molar-refractivity contribution in [2.24, 2.45) is 5.73 Å². The molecular weight excluding hydrogens is 306 g/mol. The monoisotopic (exact) mass is 323 g/mol. The van der Waals surface area contributed by atoms with Crippen LogP contribution in [-0.2, 0) is 0 Å². The Morgan fingerprint density at radius 1 is 1.33 bits per heavy atom. The predicted octanol–water partition coefficient (Wildman–Crippen LogP) is 3.16. The normalized spacial score (nSPS) is 21.7. The highest BCUT2D eigenvalue weighted by Crippen LogP contribution is 2.33. The van der Waals surface area contributed by atoms with E-state index in [0.29, 0.717) is 17.0 Å². The van der Waals surface area contributed by atoms with E-state index in [1.54, 1.807) is 17.5 Å². The van der Waals surface area contributed by atoms with Crippen molar-refractivity contribution in [3.05, 3.63) is 21.9 Å². The fourth-order valence-corrected chi connectivity index (χ4v) is 3.84. The smallest absolute Gasteiger partial charge is 0.223 e. The number of nitrogens with zero attached hydrogens (tertiary/aromatic N) is 3. The number of aromatic nitrogens is 3. The van der Waals surface area contributed by atoms with Crippen LogP contribution in [0.4, 0.5) is 5.95 Å². The maximum Gasteiger partial charge on any atom is 0.223 e. The van der Waals surface area contributed by atoms with Crippen molar-refractivity contribution in [3.63, 3.8) is 0 Å². The van der Waals surface area contributed by atoms with Crippen molar-refractivity contribution < 1.29 is 0 Å². The zero-order valence-corrected chi connectivity index (χ0v) is 13.6. The molecule has 0 spiro atoms. The molecular formula is C14H18ClN5S. The fraction of sp³-hybridized carbons (Fsp3) is 0.500. The van der Waals surface area contributed by atoms with Gasteiger partial charge in [0, 0.05) is 12.1 Å². The van der Waals surface area contributed by atoms with Crippen LogP contribution >= 0.6 is 22.9 Å². The van der Waals surface area contributed by atoms with Gasteiger partial charge in [0.15, 0.2) is 0 Å². The molecule has 0 radical (unpaired) electrons. The van der Waals surface area contributed by atoms with Crippen LogP contribution in [0.15, 0.2) is 6.20 Å². The topological polar surface area (TPSA) is 76.7 Å². The van der Waals surface area contributed by atoms with Gasteiger partial charge in [0.25, 0.3) is 0 Å². The number of anilines is 1. The fourth-order valence-electron chi connectivity index (χ4n) is 2.68. The largest absolute Gasteiger partial charge is 0.351 e. The van der Waals surface area contributed by atoms with Gasteiger partial charge in [0.1, 0.15) is 5.69 Å². The van der Waals surface area contributed by atoms with Gasteiger partial charge in [-0.15, -0.1) is 11.3 Å². The standard InChI is InChI=1S/C14H18ClN5S/c1-7-13(21-8(2)18-7)12-11(15)6-17-14(20-12)19-10-4-3-9(16)5-10/h6,9-10H,3-5,16H2,1-2H3,(H,17,19,20)/t9-,10?/m1/s1. The third-order valence-electron chi connectivity index (χ3n) is 3.67. The van der Waals surface area contributed by atoms with E-state index < -0.39 is 0 Å². The van der Waals surface area contributed by atoms with E-state index in [9.17, 15) is 0 Å². The molecule has 1 saturated carbocycles. The molecule has 1 unspecified atom stereocenters. The minimum Gasteiger partial charge on any atom is -0.351 e. The van der Waals surface area contributed by atoms with E-state index in [-0.39, 0.29) is 6.04 Å². The Hall–Kier alpha value is -1.24. The summed E-state index contributed by atoms with van der Waals surface area (Å²) < 4.78 is 0. The second-order valence-electron chi connectivity index (χ2n) is 5.45. The van der Waals surface area contributed by atoms with Crippen molar-refractivity contribution >= 4 is 28.9 Å². The van der Waals surface area contributed by atoms with E-state index in [0.717, 1.165) is 40.5 Å². The molecule has 0 bridgehead atoms. The molecule has 112 valence electrons. The van der Waals surface area contributed by atoms with Crippen LogP contribution in [0.1, 0.15) is 30.0 Å². The van der Waals surface area contributed by atoms with Crippen molar-refractivity contribution in [1.82, 2.24) is 15.0 Å². The molecule has 1 aliphatic rings. The summed E-state index contributed by atoms with van der Waals surface area (Å²) in [4.78, 5) is 14.3. The average molecular weight is 324 g/mol. The Balaban J connectivity index is 1.88. The Morgan fingerprint density at radius 2 is 2.14 bits per heavy atom. The van der Waals surface area contributed by atoms with Crippen LogP contribution in [0, 0.1) is 13.8 Å². The predicted molar refractivity (Wildman–Crippen MR) is 86.9 cm³/mol. The summed E-state index contributed by atoms with van der Waals surface area (Å²) >= 11 is 7.86. The first-order valence-corrected chi connectivity index (χ1v) is 8.21. The summed E-state index contributed by atoms with van der Waals surface area (Å²) in [7, 11) is 0. The lowest BCUT2D eigenvalue weighted by Crippen LogP contribution is -2.21. The quantitative estimate of drug-likeness (QED) is 0.907. The van der Waals surface area contributed by atoms with Gasteiger partial charge < -0.3 is 11.1 Å². The Labute approximate surface area is 133 Å². The van der Waals surface area contributed by atoms with Gasteiger partial charge in [0.05, 0.1) is 26.8 Å². The van der Waals surface area contributed by atoms with Crippen LogP contribution in [0.2, 0.25) is 5.02 Å². The van der Waals surface area contributed by atoms with E-state index >= 15 is 0 Å². The van der Waals surface area contributed by atoms with Crippen molar-refractivity contribution in [3.8, 4) is 10.6 Å². The van der Waals surface area contributed by atoms with Gasteiger partial charge in [-0.3, -0.25) is 0 Å². The SMILES string of the molecule is Cc1nc(C)c(-c2nc(NC3CC[C@@H](N)C3)ncc2Cl)s1. The molecule has 1 fully saturated rings. The molecule has 3 rings (SSSR count). The minimum absolute atomic E-state index is 0.278. The summed E-state index contributed by atoms with van der Waals surface area (Å²) in [5.41, 5.74) is 7.64. The second-order valence-corrected chi connectivity index (χ2v) is 7.06. The first-order valence-electron chi connectivity index (χ1n) is 7.02. The zero-order valence-electron chi connectivity index (χ0n) is 12.1. The number of halogens is 1. The molecule has 21 heavy (non-hydrogen) atoms. The molecule has 2 aromatic rings. The molecule has 0 aliphatic heterocycles. The van der Waals surface area contributed by atoms with Crippen molar-refractivity contribution in [2.75, 3.05) is 5.32 Å². The highest BCUT2D eigenvalue weighted by atomic mass is 35.5. The van der Waals surface area contributed by atoms with Crippen LogP contribution in [0.3, 0.4) is 0 Å². The van der Waals surface area contributed by atoms with E-state index in [2.05, 4.69) is 20.3 Å². The van der Waals surface area contributed by atoms with Crippen molar-refractivity contribution in [2.45, 2.75) is 45.2 Å². The molecule has 1 aliphatic carbocycles. The van der Waals surface area contributed by atoms with E-state index in [1.165, 1.54) is 0 Å². The maximum absolute atomic E-state index is 6.26. The first-order chi connectivity index (χ1) is 10.0.